The first-order chi connectivity index (χ1) is 11.1. The van der Waals surface area contributed by atoms with Crippen molar-refractivity contribution in [1.29, 1.82) is 0 Å². The number of aromatic nitrogens is 4. The number of nitrogens with zero attached hydrogens (tertiary/aromatic N) is 5. The number of hydrogen-bond acceptors (Lipinski definition) is 5. The molecule has 0 unspecified atom stereocenters. The number of halogens is 1. The summed E-state index contributed by atoms with van der Waals surface area (Å²) in [6.07, 6.45) is 4.24. The summed E-state index contributed by atoms with van der Waals surface area (Å²) in [7, 11) is 0. The molecule has 2 aromatic rings. The molecule has 23 heavy (non-hydrogen) atoms. The highest BCUT2D eigenvalue weighted by Crippen LogP contribution is 2.25. The van der Waals surface area contributed by atoms with E-state index in [1.54, 1.807) is 6.07 Å². The Morgan fingerprint density at radius 2 is 2.13 bits per heavy atom. The van der Waals surface area contributed by atoms with E-state index in [-0.39, 0.29) is 12.5 Å². The van der Waals surface area contributed by atoms with Crippen molar-refractivity contribution in [1.82, 2.24) is 20.0 Å². The normalized spacial score (nSPS) is 15.8. The first-order valence-electron chi connectivity index (χ1n) is 7.62. The van der Waals surface area contributed by atoms with Crippen molar-refractivity contribution in [2.75, 3.05) is 18.0 Å². The van der Waals surface area contributed by atoms with Crippen LogP contribution in [-0.2, 0) is 11.2 Å². The van der Waals surface area contributed by atoms with Gasteiger partial charge in [0.05, 0.1) is 18.2 Å². The van der Waals surface area contributed by atoms with Crippen LogP contribution in [0.4, 0.5) is 5.82 Å². The maximum absolute atomic E-state index is 10.6. The van der Waals surface area contributed by atoms with Gasteiger partial charge in [-0.15, -0.1) is 5.10 Å². The van der Waals surface area contributed by atoms with Gasteiger partial charge in [0.1, 0.15) is 11.0 Å². The van der Waals surface area contributed by atoms with Crippen LogP contribution in [-0.4, -0.2) is 44.1 Å². The van der Waals surface area contributed by atoms with Crippen molar-refractivity contribution in [2.45, 2.75) is 31.7 Å². The zero-order chi connectivity index (χ0) is 16.2. The van der Waals surface area contributed by atoms with E-state index in [1.807, 2.05) is 23.0 Å². The lowest BCUT2D eigenvalue weighted by Gasteiger charge is -2.32. The summed E-state index contributed by atoms with van der Waals surface area (Å²) in [5, 5.41) is 17.4. The van der Waals surface area contributed by atoms with Crippen LogP contribution in [0.2, 0.25) is 5.15 Å². The summed E-state index contributed by atoms with van der Waals surface area (Å²) in [5.41, 5.74) is 0.728. The van der Waals surface area contributed by atoms with Gasteiger partial charge in [-0.05, 0) is 25.0 Å². The lowest BCUT2D eigenvalue weighted by molar-refractivity contribution is -0.136. The Hall–Kier alpha value is -2.15. The monoisotopic (exact) mass is 335 g/mol. The van der Waals surface area contributed by atoms with Crippen LogP contribution in [0.25, 0.3) is 0 Å². The standard InChI is InChI=1S/C15H18ClN5O2/c16-13-2-1-3-14(17-13)20-8-6-12(7-9-20)21-10-11(18-19-21)4-5-15(22)23/h1-3,10,12H,4-9H2,(H,22,23). The van der Waals surface area contributed by atoms with Crippen molar-refractivity contribution >= 4 is 23.4 Å². The van der Waals surface area contributed by atoms with Gasteiger partial charge in [-0.2, -0.15) is 0 Å². The molecule has 1 fully saturated rings. The number of carboxylic acid groups (broad SMARTS) is 1. The number of piperidine rings is 1. The molecule has 8 heteroatoms. The number of anilines is 1. The van der Waals surface area contributed by atoms with Crippen molar-refractivity contribution in [3.63, 3.8) is 0 Å². The summed E-state index contributed by atoms with van der Waals surface area (Å²) in [4.78, 5) is 17.2. The molecular formula is C15H18ClN5O2. The van der Waals surface area contributed by atoms with Crippen molar-refractivity contribution < 1.29 is 9.90 Å². The summed E-state index contributed by atoms with van der Waals surface area (Å²) < 4.78 is 1.86. The lowest BCUT2D eigenvalue weighted by Crippen LogP contribution is -2.35. The van der Waals surface area contributed by atoms with Crippen LogP contribution in [0.1, 0.15) is 31.0 Å². The quantitative estimate of drug-likeness (QED) is 0.843. The second-order valence-corrected chi connectivity index (χ2v) is 6.01. The van der Waals surface area contributed by atoms with Gasteiger partial charge < -0.3 is 10.0 Å². The molecule has 0 bridgehead atoms. The third-order valence-electron chi connectivity index (χ3n) is 4.02. The van der Waals surface area contributed by atoms with Gasteiger partial charge in [0.2, 0.25) is 0 Å². The molecule has 1 N–H and O–H groups in total. The molecule has 3 heterocycles. The van der Waals surface area contributed by atoms with Gasteiger partial charge in [0.25, 0.3) is 0 Å². The number of carboxylic acids is 1. The minimum atomic E-state index is -0.818. The zero-order valence-corrected chi connectivity index (χ0v) is 13.4. The third-order valence-corrected chi connectivity index (χ3v) is 4.23. The van der Waals surface area contributed by atoms with Gasteiger partial charge in [-0.3, -0.25) is 4.79 Å². The smallest absolute Gasteiger partial charge is 0.303 e. The topological polar surface area (TPSA) is 84.1 Å². The fourth-order valence-electron chi connectivity index (χ4n) is 2.77. The second kappa shape index (κ2) is 6.95. The Morgan fingerprint density at radius 1 is 1.35 bits per heavy atom. The molecule has 3 rings (SSSR count). The number of hydrogen-bond donors (Lipinski definition) is 1. The highest BCUT2D eigenvalue weighted by molar-refractivity contribution is 6.29. The van der Waals surface area contributed by atoms with Crippen LogP contribution >= 0.6 is 11.6 Å². The number of rotatable bonds is 5. The molecule has 1 aliphatic heterocycles. The Labute approximate surface area is 138 Å². The zero-order valence-electron chi connectivity index (χ0n) is 12.6. The highest BCUT2D eigenvalue weighted by atomic mass is 35.5. The average Bonchev–Trinajstić information content (AvgIpc) is 3.02. The number of carbonyl (C=O) groups is 1. The average molecular weight is 336 g/mol. The minimum absolute atomic E-state index is 0.0809. The first kappa shape index (κ1) is 15.7. The maximum atomic E-state index is 10.6. The molecule has 0 aliphatic carbocycles. The summed E-state index contributed by atoms with van der Waals surface area (Å²) in [6.45, 7) is 1.75. The number of aryl methyl sites for hydroxylation is 1. The van der Waals surface area contributed by atoms with Crippen LogP contribution in [0, 0.1) is 0 Å². The van der Waals surface area contributed by atoms with E-state index in [0.717, 1.165) is 37.4 Å². The fraction of sp³-hybridized carbons (Fsp3) is 0.467. The summed E-state index contributed by atoms with van der Waals surface area (Å²) in [5.74, 6) is 0.0820. The lowest BCUT2D eigenvalue weighted by atomic mass is 10.1. The Bertz CT molecular complexity index is 682. The predicted molar refractivity (Wildman–Crippen MR) is 85.7 cm³/mol. The first-order valence-corrected chi connectivity index (χ1v) is 7.99. The fourth-order valence-corrected chi connectivity index (χ4v) is 2.93. The Balaban J connectivity index is 1.57. The van der Waals surface area contributed by atoms with E-state index < -0.39 is 5.97 Å². The minimum Gasteiger partial charge on any atom is -0.481 e. The maximum Gasteiger partial charge on any atom is 0.303 e. The van der Waals surface area contributed by atoms with Crippen LogP contribution in [0.3, 0.4) is 0 Å². The van der Waals surface area contributed by atoms with Crippen molar-refractivity contribution in [3.8, 4) is 0 Å². The third kappa shape index (κ3) is 3.98. The van der Waals surface area contributed by atoms with E-state index in [1.165, 1.54) is 0 Å². The van der Waals surface area contributed by atoms with E-state index in [4.69, 9.17) is 16.7 Å². The van der Waals surface area contributed by atoms with Gasteiger partial charge >= 0.3 is 5.97 Å². The SMILES string of the molecule is O=C(O)CCc1cn(C2CCN(c3cccc(Cl)n3)CC2)nn1. The van der Waals surface area contributed by atoms with Crippen LogP contribution < -0.4 is 4.90 Å². The van der Waals surface area contributed by atoms with Gasteiger partial charge in [-0.25, -0.2) is 9.67 Å². The van der Waals surface area contributed by atoms with E-state index in [0.29, 0.717) is 11.6 Å². The molecule has 2 aromatic heterocycles. The Kier molecular flexibility index (Phi) is 4.76. The van der Waals surface area contributed by atoms with Gasteiger partial charge in [0, 0.05) is 25.7 Å². The molecule has 1 aliphatic rings. The summed E-state index contributed by atoms with van der Waals surface area (Å²) >= 11 is 5.94. The molecule has 1 saturated heterocycles. The largest absolute Gasteiger partial charge is 0.481 e. The predicted octanol–water partition coefficient (Wildman–Crippen LogP) is 2.19. The van der Waals surface area contributed by atoms with E-state index in [2.05, 4.69) is 20.2 Å². The highest BCUT2D eigenvalue weighted by Gasteiger charge is 2.22. The molecule has 0 atom stereocenters. The molecule has 0 saturated carbocycles. The van der Waals surface area contributed by atoms with Crippen LogP contribution in [0.5, 0.6) is 0 Å². The van der Waals surface area contributed by atoms with Crippen LogP contribution in [0.15, 0.2) is 24.4 Å². The van der Waals surface area contributed by atoms with E-state index in [9.17, 15) is 4.79 Å². The van der Waals surface area contributed by atoms with E-state index >= 15 is 0 Å². The molecule has 0 aromatic carbocycles. The number of pyridine rings is 1. The van der Waals surface area contributed by atoms with Gasteiger partial charge in [0.15, 0.2) is 0 Å². The molecular weight excluding hydrogens is 318 g/mol. The van der Waals surface area contributed by atoms with Gasteiger partial charge in [-0.1, -0.05) is 22.9 Å². The second-order valence-electron chi connectivity index (χ2n) is 5.62. The molecule has 0 radical (unpaired) electrons. The van der Waals surface area contributed by atoms with Crippen molar-refractivity contribution in [2.24, 2.45) is 0 Å². The van der Waals surface area contributed by atoms with Crippen molar-refractivity contribution in [3.05, 3.63) is 35.2 Å². The molecule has 122 valence electrons. The number of aliphatic carboxylic acids is 1. The Morgan fingerprint density at radius 3 is 2.83 bits per heavy atom. The molecule has 0 amide bonds. The molecule has 7 nitrogen and oxygen atoms in total. The summed E-state index contributed by atoms with van der Waals surface area (Å²) in [6, 6.07) is 5.93. The molecule has 0 spiro atoms.